The third kappa shape index (κ3) is 4.48. The van der Waals surface area contributed by atoms with Gasteiger partial charge in [0.2, 0.25) is 0 Å². The Hall–Kier alpha value is -1.51. The fraction of sp³-hybridized carbons (Fsp3) is 0.611. The number of esters is 1. The molecule has 0 fully saturated rings. The van der Waals surface area contributed by atoms with Crippen LogP contribution in [0.4, 0.5) is 0 Å². The zero-order valence-electron chi connectivity index (χ0n) is 14.3. The Morgan fingerprint density at radius 3 is 2.29 bits per heavy atom. The van der Waals surface area contributed by atoms with Crippen LogP contribution in [0.25, 0.3) is 0 Å². The zero-order valence-corrected chi connectivity index (χ0v) is 14.3. The fourth-order valence-electron chi connectivity index (χ4n) is 2.14. The number of benzene rings is 1. The molecule has 0 saturated carbocycles. The summed E-state index contributed by atoms with van der Waals surface area (Å²) in [6, 6.07) is 3.79. The van der Waals surface area contributed by atoms with E-state index in [9.17, 15) is 9.90 Å². The highest BCUT2D eigenvalue weighted by atomic mass is 16.5. The van der Waals surface area contributed by atoms with Crippen molar-refractivity contribution in [2.45, 2.75) is 59.8 Å². The highest BCUT2D eigenvalue weighted by Crippen LogP contribution is 2.36. The van der Waals surface area contributed by atoms with Gasteiger partial charge in [-0.05, 0) is 41.9 Å². The number of hydrogen-bond donors (Lipinski definition) is 1. The number of aromatic hydroxyl groups is 1. The highest BCUT2D eigenvalue weighted by molar-refractivity contribution is 5.78. The number of ether oxygens (including phenoxy) is 1. The van der Waals surface area contributed by atoms with Crippen LogP contribution in [0, 0.1) is 12.8 Å². The van der Waals surface area contributed by atoms with Crippen LogP contribution in [0.3, 0.4) is 0 Å². The molecular weight excluding hydrogens is 264 g/mol. The van der Waals surface area contributed by atoms with Gasteiger partial charge >= 0.3 is 5.97 Å². The first kappa shape index (κ1) is 17.5. The summed E-state index contributed by atoms with van der Waals surface area (Å²) in [4.78, 5) is 12.1. The maximum absolute atomic E-state index is 12.1. The van der Waals surface area contributed by atoms with Crippen LogP contribution >= 0.6 is 0 Å². The maximum Gasteiger partial charge on any atom is 0.313 e. The Bertz CT molecular complexity index is 510. The lowest BCUT2D eigenvalue weighted by Gasteiger charge is -2.24. The Balaban J connectivity index is 3.08. The molecule has 118 valence electrons. The molecule has 1 unspecified atom stereocenters. The van der Waals surface area contributed by atoms with Crippen LogP contribution in [0.5, 0.6) is 5.75 Å². The van der Waals surface area contributed by atoms with Gasteiger partial charge in [0.1, 0.15) is 5.75 Å². The van der Waals surface area contributed by atoms with Gasteiger partial charge in [0.25, 0.3) is 0 Å². The first-order chi connectivity index (χ1) is 9.54. The second kappa shape index (κ2) is 6.50. The molecular formula is C18H28O3. The van der Waals surface area contributed by atoms with Gasteiger partial charge in [0.05, 0.1) is 12.5 Å². The number of phenolic OH excluding ortho intramolecular Hbond substituents is 1. The van der Waals surface area contributed by atoms with Crippen molar-refractivity contribution in [1.29, 1.82) is 0 Å². The Kier molecular flexibility index (Phi) is 5.43. The lowest BCUT2D eigenvalue weighted by molar-refractivity contribution is -0.146. The lowest BCUT2D eigenvalue weighted by atomic mass is 9.82. The molecule has 0 heterocycles. The summed E-state index contributed by atoms with van der Waals surface area (Å²) >= 11 is 0. The van der Waals surface area contributed by atoms with Crippen LogP contribution in [0.1, 0.15) is 64.2 Å². The number of carbonyl (C=O) groups is 1. The van der Waals surface area contributed by atoms with E-state index in [0.717, 1.165) is 16.7 Å². The first-order valence-corrected chi connectivity index (χ1v) is 7.54. The summed E-state index contributed by atoms with van der Waals surface area (Å²) in [5, 5.41) is 10.2. The predicted octanol–water partition coefficient (Wildman–Crippen LogP) is 4.30. The second-order valence-electron chi connectivity index (χ2n) is 7.23. The van der Waals surface area contributed by atoms with Crippen LogP contribution < -0.4 is 0 Å². The number of carbonyl (C=O) groups excluding carboxylic acids is 1. The Morgan fingerprint density at radius 1 is 1.24 bits per heavy atom. The van der Waals surface area contributed by atoms with Gasteiger partial charge in [-0.1, -0.05) is 46.8 Å². The quantitative estimate of drug-likeness (QED) is 0.842. The second-order valence-corrected chi connectivity index (χ2v) is 7.23. The minimum Gasteiger partial charge on any atom is -0.507 e. The van der Waals surface area contributed by atoms with Crippen molar-refractivity contribution in [3.05, 3.63) is 28.8 Å². The molecule has 0 aliphatic carbocycles. The van der Waals surface area contributed by atoms with E-state index in [1.54, 1.807) is 0 Å². The molecule has 0 amide bonds. The van der Waals surface area contributed by atoms with Crippen molar-refractivity contribution < 1.29 is 14.6 Å². The molecule has 0 spiro atoms. The van der Waals surface area contributed by atoms with Gasteiger partial charge in [-0.25, -0.2) is 0 Å². The van der Waals surface area contributed by atoms with E-state index in [1.807, 2.05) is 60.6 Å². The van der Waals surface area contributed by atoms with Gasteiger partial charge in [-0.3, -0.25) is 4.79 Å². The van der Waals surface area contributed by atoms with Gasteiger partial charge in [0.15, 0.2) is 0 Å². The van der Waals surface area contributed by atoms with Crippen LogP contribution in [-0.4, -0.2) is 17.7 Å². The number of aryl methyl sites for hydroxylation is 1. The average Bonchev–Trinajstić information content (AvgIpc) is 2.36. The van der Waals surface area contributed by atoms with Crippen LogP contribution in [0.15, 0.2) is 12.1 Å². The van der Waals surface area contributed by atoms with Crippen molar-refractivity contribution in [2.24, 2.45) is 5.92 Å². The van der Waals surface area contributed by atoms with Crippen LogP contribution in [-0.2, 0) is 14.9 Å². The van der Waals surface area contributed by atoms with E-state index in [1.165, 1.54) is 0 Å². The summed E-state index contributed by atoms with van der Waals surface area (Å²) < 4.78 is 5.31. The number of phenols is 1. The fourth-order valence-corrected chi connectivity index (χ4v) is 2.14. The molecule has 0 saturated heterocycles. The number of hydrogen-bond acceptors (Lipinski definition) is 3. The van der Waals surface area contributed by atoms with Crippen molar-refractivity contribution >= 4 is 5.97 Å². The van der Waals surface area contributed by atoms with Crippen molar-refractivity contribution in [3.8, 4) is 5.75 Å². The summed E-state index contributed by atoms with van der Waals surface area (Å²) in [5.41, 5.74) is 2.37. The molecule has 0 aromatic heterocycles. The molecule has 3 nitrogen and oxygen atoms in total. The molecule has 1 N–H and O–H groups in total. The van der Waals surface area contributed by atoms with E-state index >= 15 is 0 Å². The molecule has 1 aromatic carbocycles. The van der Waals surface area contributed by atoms with Crippen LogP contribution in [0.2, 0.25) is 0 Å². The molecule has 1 rings (SSSR count). The van der Waals surface area contributed by atoms with E-state index < -0.39 is 0 Å². The highest BCUT2D eigenvalue weighted by Gasteiger charge is 2.24. The minimum atomic E-state index is -0.329. The SMILES string of the molecule is Cc1cc(C(C)C(=O)OCC(C)C)cc(C(C)(C)C)c1O. The smallest absolute Gasteiger partial charge is 0.313 e. The van der Waals surface area contributed by atoms with E-state index in [4.69, 9.17) is 4.74 Å². The summed E-state index contributed by atoms with van der Waals surface area (Å²) in [7, 11) is 0. The van der Waals surface area contributed by atoms with E-state index in [0.29, 0.717) is 18.3 Å². The monoisotopic (exact) mass is 292 g/mol. The Labute approximate surface area is 128 Å². The van der Waals surface area contributed by atoms with Gasteiger partial charge < -0.3 is 9.84 Å². The third-order valence-electron chi connectivity index (χ3n) is 3.54. The average molecular weight is 292 g/mol. The molecule has 0 aliphatic heterocycles. The largest absolute Gasteiger partial charge is 0.507 e. The third-order valence-corrected chi connectivity index (χ3v) is 3.54. The summed E-state index contributed by atoms with van der Waals surface area (Å²) in [6.07, 6.45) is 0. The first-order valence-electron chi connectivity index (χ1n) is 7.54. The summed E-state index contributed by atoms with van der Waals surface area (Å²) in [5.74, 6) is 0.0969. The van der Waals surface area contributed by atoms with Gasteiger partial charge in [-0.2, -0.15) is 0 Å². The lowest BCUT2D eigenvalue weighted by Crippen LogP contribution is -2.18. The molecule has 0 bridgehead atoms. The van der Waals surface area contributed by atoms with E-state index in [2.05, 4.69) is 0 Å². The van der Waals surface area contributed by atoms with E-state index in [-0.39, 0.29) is 17.3 Å². The van der Waals surface area contributed by atoms with Gasteiger partial charge in [0, 0.05) is 0 Å². The molecule has 0 aliphatic rings. The standard InChI is InChI=1S/C18H28O3/c1-11(2)10-21-17(20)13(4)14-8-12(3)16(19)15(9-14)18(5,6)7/h8-9,11,13,19H,10H2,1-7H3. The Morgan fingerprint density at radius 2 is 1.81 bits per heavy atom. The van der Waals surface area contributed by atoms with Crippen molar-refractivity contribution in [1.82, 2.24) is 0 Å². The van der Waals surface area contributed by atoms with Crippen molar-refractivity contribution in [2.75, 3.05) is 6.61 Å². The zero-order chi connectivity index (χ0) is 16.4. The maximum atomic E-state index is 12.1. The molecule has 21 heavy (non-hydrogen) atoms. The normalized spacial score (nSPS) is 13.3. The summed E-state index contributed by atoms with van der Waals surface area (Å²) in [6.45, 7) is 14.3. The van der Waals surface area contributed by atoms with Crippen molar-refractivity contribution in [3.63, 3.8) is 0 Å². The van der Waals surface area contributed by atoms with Gasteiger partial charge in [-0.15, -0.1) is 0 Å². The minimum absolute atomic E-state index is 0.174. The molecule has 0 radical (unpaired) electrons. The molecule has 1 atom stereocenters. The topological polar surface area (TPSA) is 46.5 Å². The molecule has 3 heteroatoms. The molecule has 1 aromatic rings. The number of rotatable bonds is 4. The predicted molar refractivity (Wildman–Crippen MR) is 85.8 cm³/mol.